The van der Waals surface area contributed by atoms with Gasteiger partial charge in [0.1, 0.15) is 0 Å². The molecule has 0 rings (SSSR count). The fraction of sp³-hybridized carbons (Fsp3) is 0.444. The lowest BCUT2D eigenvalue weighted by Crippen LogP contribution is -1.69. The zero-order valence-corrected chi connectivity index (χ0v) is 13.7. The number of hydrogen-bond acceptors (Lipinski definition) is 0. The minimum atomic E-state index is 1.02. The van der Waals surface area contributed by atoms with Crippen molar-refractivity contribution >= 4 is 0 Å². The minimum Gasteiger partial charge on any atom is -0.0991 e. The first kappa shape index (κ1) is 25.5. The molecule has 0 fully saturated rings. The Morgan fingerprint density at radius 1 is 1.00 bits per heavy atom. The molecule has 0 heterocycles. The molecule has 0 bridgehead atoms. The second-order valence-corrected chi connectivity index (χ2v) is 2.95. The SMILES string of the molecule is C=C(C)/C=C\C(=C)CC.C=C/C=C\C.CC.CC. The molecule has 0 unspecified atom stereocenters. The van der Waals surface area contributed by atoms with Crippen LogP contribution >= 0.6 is 0 Å². The van der Waals surface area contributed by atoms with Gasteiger partial charge in [-0.15, -0.1) is 0 Å². The molecule has 0 amide bonds. The molecule has 0 N–H and O–H groups in total. The Bertz CT molecular complexity index is 226. The van der Waals surface area contributed by atoms with Crippen molar-refractivity contribution in [1.82, 2.24) is 0 Å². The van der Waals surface area contributed by atoms with Gasteiger partial charge in [0.15, 0.2) is 0 Å². The van der Waals surface area contributed by atoms with Crippen molar-refractivity contribution in [2.45, 2.75) is 54.9 Å². The van der Waals surface area contributed by atoms with Crippen molar-refractivity contribution in [3.63, 3.8) is 0 Å². The maximum atomic E-state index is 3.82. The third kappa shape index (κ3) is 46.5. The van der Waals surface area contributed by atoms with Crippen molar-refractivity contribution < 1.29 is 0 Å². The van der Waals surface area contributed by atoms with Crippen LogP contribution in [-0.2, 0) is 0 Å². The normalized spacial score (nSPS) is 8.17. The fourth-order valence-electron chi connectivity index (χ4n) is 0.514. The molecule has 0 aromatic heterocycles. The second-order valence-electron chi connectivity index (χ2n) is 2.95. The van der Waals surface area contributed by atoms with Gasteiger partial charge in [-0.05, 0) is 20.3 Å². The number of rotatable bonds is 4. The average molecular weight is 250 g/mol. The highest BCUT2D eigenvalue weighted by Gasteiger charge is 1.79. The topological polar surface area (TPSA) is 0 Å². The van der Waals surface area contributed by atoms with Gasteiger partial charge >= 0.3 is 0 Å². The molecule has 0 aliphatic rings. The van der Waals surface area contributed by atoms with E-state index in [4.69, 9.17) is 0 Å². The predicted octanol–water partition coefficient (Wildman–Crippen LogP) is 6.89. The Morgan fingerprint density at radius 3 is 1.61 bits per heavy atom. The van der Waals surface area contributed by atoms with E-state index in [1.807, 2.05) is 65.8 Å². The highest BCUT2D eigenvalue weighted by atomic mass is 13.9. The van der Waals surface area contributed by atoms with E-state index in [-0.39, 0.29) is 0 Å². The standard InChI is InChI=1S/C9H14.C5H8.2C2H6/c1-5-9(4)7-6-8(2)3;1-3-5-4-2;2*1-2/h6-7H,2,4-5H2,1,3H3;3-5H,1H2,2H3;2*1-2H3/b7-6-;5-4-;;. The Balaban J connectivity index is -0.0000000925. The first-order valence-corrected chi connectivity index (χ1v) is 6.83. The summed E-state index contributed by atoms with van der Waals surface area (Å²) in [6.07, 6.45) is 10.6. The Labute approximate surface area is 117 Å². The van der Waals surface area contributed by atoms with Gasteiger partial charge in [-0.2, -0.15) is 0 Å². The monoisotopic (exact) mass is 250 g/mol. The molecule has 0 aromatic carbocycles. The molecule has 0 atom stereocenters. The summed E-state index contributed by atoms with van der Waals surface area (Å²) < 4.78 is 0. The average Bonchev–Trinajstić information content (AvgIpc) is 2.42. The van der Waals surface area contributed by atoms with Crippen LogP contribution < -0.4 is 0 Å². The summed E-state index contributed by atoms with van der Waals surface area (Å²) in [5, 5.41) is 0. The molecule has 106 valence electrons. The summed E-state index contributed by atoms with van der Waals surface area (Å²) in [5.74, 6) is 0. The summed E-state index contributed by atoms with van der Waals surface area (Å²) in [6.45, 7) is 25.0. The summed E-state index contributed by atoms with van der Waals surface area (Å²) in [4.78, 5) is 0. The first-order chi connectivity index (χ1) is 8.58. The van der Waals surface area contributed by atoms with Gasteiger partial charge in [0.2, 0.25) is 0 Å². The van der Waals surface area contributed by atoms with Crippen LogP contribution in [0.5, 0.6) is 0 Å². The number of allylic oxidation sites excluding steroid dienone is 7. The van der Waals surface area contributed by atoms with E-state index in [1.165, 1.54) is 0 Å². The Kier molecular flexibility index (Phi) is 42.0. The Morgan fingerprint density at radius 2 is 1.44 bits per heavy atom. The summed E-state index contributed by atoms with van der Waals surface area (Å²) in [6, 6.07) is 0. The smallest absolute Gasteiger partial charge is 0.0313 e. The zero-order valence-electron chi connectivity index (χ0n) is 13.7. The maximum absolute atomic E-state index is 3.82. The molecule has 0 radical (unpaired) electrons. The van der Waals surface area contributed by atoms with Crippen molar-refractivity contribution in [1.29, 1.82) is 0 Å². The van der Waals surface area contributed by atoms with Crippen molar-refractivity contribution in [2.24, 2.45) is 0 Å². The van der Waals surface area contributed by atoms with Gasteiger partial charge in [0, 0.05) is 0 Å². The molecular weight excluding hydrogens is 216 g/mol. The molecule has 0 heteroatoms. The molecule has 0 aromatic rings. The van der Waals surface area contributed by atoms with Crippen LogP contribution in [0.4, 0.5) is 0 Å². The maximum Gasteiger partial charge on any atom is -0.0313 e. The first-order valence-electron chi connectivity index (χ1n) is 6.83. The van der Waals surface area contributed by atoms with Gasteiger partial charge in [-0.25, -0.2) is 0 Å². The third-order valence-corrected chi connectivity index (χ3v) is 1.39. The molecular formula is C18H34. The van der Waals surface area contributed by atoms with Crippen LogP contribution in [0.25, 0.3) is 0 Å². The quantitative estimate of drug-likeness (QED) is 0.477. The van der Waals surface area contributed by atoms with Gasteiger partial charge in [0.25, 0.3) is 0 Å². The molecule has 0 saturated heterocycles. The highest BCUT2D eigenvalue weighted by Crippen LogP contribution is 2.00. The van der Waals surface area contributed by atoms with Crippen molar-refractivity contribution in [3.8, 4) is 0 Å². The van der Waals surface area contributed by atoms with E-state index < -0.39 is 0 Å². The van der Waals surface area contributed by atoms with E-state index >= 15 is 0 Å². The Hall–Kier alpha value is -1.30. The molecule has 0 saturated carbocycles. The van der Waals surface area contributed by atoms with E-state index in [1.54, 1.807) is 6.08 Å². The van der Waals surface area contributed by atoms with Crippen LogP contribution in [0.1, 0.15) is 54.9 Å². The van der Waals surface area contributed by atoms with Gasteiger partial charge in [0.05, 0.1) is 0 Å². The molecule has 0 nitrogen and oxygen atoms in total. The lowest BCUT2D eigenvalue weighted by atomic mass is 10.2. The van der Waals surface area contributed by atoms with E-state index in [2.05, 4.69) is 26.7 Å². The second kappa shape index (κ2) is 29.6. The van der Waals surface area contributed by atoms with Crippen LogP contribution in [0.2, 0.25) is 0 Å². The van der Waals surface area contributed by atoms with Crippen LogP contribution in [0, 0.1) is 0 Å². The largest absolute Gasteiger partial charge is 0.0991 e. The fourth-order valence-corrected chi connectivity index (χ4v) is 0.514. The van der Waals surface area contributed by atoms with Gasteiger partial charge < -0.3 is 0 Å². The third-order valence-electron chi connectivity index (χ3n) is 1.39. The summed E-state index contributed by atoms with van der Waals surface area (Å²) in [7, 11) is 0. The van der Waals surface area contributed by atoms with E-state index in [9.17, 15) is 0 Å². The van der Waals surface area contributed by atoms with Crippen molar-refractivity contribution in [3.05, 3.63) is 61.3 Å². The number of hydrogen-bond donors (Lipinski definition) is 0. The van der Waals surface area contributed by atoms with Gasteiger partial charge in [-0.1, -0.05) is 95.9 Å². The summed E-state index contributed by atoms with van der Waals surface area (Å²) >= 11 is 0. The zero-order chi connectivity index (χ0) is 15.4. The van der Waals surface area contributed by atoms with E-state index in [0.29, 0.717) is 0 Å². The van der Waals surface area contributed by atoms with Crippen LogP contribution in [0.15, 0.2) is 61.3 Å². The molecule has 0 aliphatic heterocycles. The minimum absolute atomic E-state index is 1.02. The lowest BCUT2D eigenvalue weighted by Gasteiger charge is -1.89. The molecule has 0 aliphatic carbocycles. The highest BCUT2D eigenvalue weighted by molar-refractivity contribution is 5.22. The molecule has 0 spiro atoms. The van der Waals surface area contributed by atoms with Crippen molar-refractivity contribution in [2.75, 3.05) is 0 Å². The van der Waals surface area contributed by atoms with Crippen LogP contribution in [0.3, 0.4) is 0 Å². The molecule has 18 heavy (non-hydrogen) atoms. The summed E-state index contributed by atoms with van der Waals surface area (Å²) in [5.41, 5.74) is 2.22. The van der Waals surface area contributed by atoms with Gasteiger partial charge in [-0.3, -0.25) is 0 Å². The van der Waals surface area contributed by atoms with E-state index in [0.717, 1.165) is 17.6 Å². The lowest BCUT2D eigenvalue weighted by molar-refractivity contribution is 1.16. The van der Waals surface area contributed by atoms with Crippen LogP contribution in [-0.4, -0.2) is 0 Å². The predicted molar refractivity (Wildman–Crippen MR) is 91.1 cm³/mol.